The first kappa shape index (κ1) is 19.2. The van der Waals surface area contributed by atoms with Gasteiger partial charge in [-0.3, -0.25) is 4.79 Å². The first-order chi connectivity index (χ1) is 12.1. The van der Waals surface area contributed by atoms with Gasteiger partial charge in [-0.15, -0.1) is 11.8 Å². The highest BCUT2D eigenvalue weighted by Crippen LogP contribution is 2.30. The summed E-state index contributed by atoms with van der Waals surface area (Å²) in [6.07, 6.45) is 0. The van der Waals surface area contributed by atoms with Crippen LogP contribution in [0.5, 0.6) is 11.5 Å². The molecule has 0 radical (unpaired) electrons. The third-order valence-electron chi connectivity index (χ3n) is 3.56. The normalized spacial score (nSPS) is 11.6. The largest absolute Gasteiger partial charge is 0.490 e. The van der Waals surface area contributed by atoms with Gasteiger partial charge in [0.25, 0.3) is 0 Å². The Balaban J connectivity index is 1.95. The minimum absolute atomic E-state index is 0.00759. The molecule has 1 atom stereocenters. The second-order valence-electron chi connectivity index (χ2n) is 5.46. The Morgan fingerprint density at radius 2 is 1.72 bits per heavy atom. The molecule has 1 unspecified atom stereocenters. The van der Waals surface area contributed by atoms with Crippen molar-refractivity contribution in [1.82, 2.24) is 5.32 Å². The van der Waals surface area contributed by atoms with Crippen LogP contribution in [0.4, 0.5) is 0 Å². The third kappa shape index (κ3) is 6.02. The van der Waals surface area contributed by atoms with Crippen LogP contribution in [-0.4, -0.2) is 24.9 Å². The van der Waals surface area contributed by atoms with Gasteiger partial charge in [0.1, 0.15) is 0 Å². The number of rotatable bonds is 9. The van der Waals surface area contributed by atoms with E-state index in [0.29, 0.717) is 24.7 Å². The van der Waals surface area contributed by atoms with Crippen LogP contribution >= 0.6 is 11.8 Å². The number of thioether (sulfide) groups is 1. The zero-order valence-electron chi connectivity index (χ0n) is 15.0. The molecule has 0 saturated carbocycles. The molecule has 25 heavy (non-hydrogen) atoms. The third-order valence-corrected chi connectivity index (χ3v) is 4.57. The first-order valence-electron chi connectivity index (χ1n) is 8.50. The first-order valence-corrected chi connectivity index (χ1v) is 9.49. The van der Waals surface area contributed by atoms with Crippen molar-refractivity contribution < 1.29 is 14.3 Å². The SMILES string of the molecule is CCOc1ccc(C(C)NC(=O)CSc2ccccc2)cc1OCC. The second-order valence-corrected chi connectivity index (χ2v) is 6.51. The van der Waals surface area contributed by atoms with Crippen LogP contribution in [0.25, 0.3) is 0 Å². The predicted octanol–water partition coefficient (Wildman–Crippen LogP) is 4.45. The number of benzene rings is 2. The van der Waals surface area contributed by atoms with E-state index in [-0.39, 0.29) is 11.9 Å². The molecule has 0 saturated heterocycles. The van der Waals surface area contributed by atoms with Gasteiger partial charge in [0.05, 0.1) is 25.0 Å². The lowest BCUT2D eigenvalue weighted by atomic mass is 10.1. The summed E-state index contributed by atoms with van der Waals surface area (Å²) in [6, 6.07) is 15.6. The van der Waals surface area contributed by atoms with Crippen LogP contribution in [-0.2, 0) is 4.79 Å². The molecule has 4 nitrogen and oxygen atoms in total. The van der Waals surface area contributed by atoms with Crippen molar-refractivity contribution in [2.24, 2.45) is 0 Å². The highest BCUT2D eigenvalue weighted by Gasteiger charge is 2.13. The van der Waals surface area contributed by atoms with Gasteiger partial charge >= 0.3 is 0 Å². The lowest BCUT2D eigenvalue weighted by Gasteiger charge is -2.17. The second kappa shape index (κ2) is 9.99. The molecule has 0 spiro atoms. The maximum absolute atomic E-state index is 12.2. The van der Waals surface area contributed by atoms with Gasteiger partial charge in [0.2, 0.25) is 5.91 Å². The monoisotopic (exact) mass is 359 g/mol. The number of ether oxygens (including phenoxy) is 2. The molecule has 0 aliphatic rings. The van der Waals surface area contributed by atoms with Gasteiger partial charge in [0, 0.05) is 4.90 Å². The summed E-state index contributed by atoms with van der Waals surface area (Å²) in [5, 5.41) is 3.03. The summed E-state index contributed by atoms with van der Waals surface area (Å²) < 4.78 is 11.2. The van der Waals surface area contributed by atoms with Crippen molar-refractivity contribution in [3.8, 4) is 11.5 Å². The lowest BCUT2D eigenvalue weighted by Crippen LogP contribution is -2.28. The van der Waals surface area contributed by atoms with Gasteiger partial charge in [-0.05, 0) is 50.6 Å². The molecule has 0 heterocycles. The van der Waals surface area contributed by atoms with E-state index in [4.69, 9.17) is 9.47 Å². The van der Waals surface area contributed by atoms with E-state index in [2.05, 4.69) is 5.32 Å². The van der Waals surface area contributed by atoms with Crippen molar-refractivity contribution in [3.63, 3.8) is 0 Å². The molecule has 1 amide bonds. The lowest BCUT2D eigenvalue weighted by molar-refractivity contribution is -0.119. The molecule has 2 rings (SSSR count). The van der Waals surface area contributed by atoms with Crippen LogP contribution < -0.4 is 14.8 Å². The number of nitrogens with one attached hydrogen (secondary N) is 1. The maximum atomic E-state index is 12.2. The molecule has 2 aromatic rings. The van der Waals surface area contributed by atoms with Crippen LogP contribution in [0.2, 0.25) is 0 Å². The Morgan fingerprint density at radius 3 is 2.40 bits per heavy atom. The van der Waals surface area contributed by atoms with Gasteiger partial charge in [-0.1, -0.05) is 24.3 Å². The Kier molecular flexibility index (Phi) is 7.67. The average molecular weight is 359 g/mol. The Hall–Kier alpha value is -2.14. The highest BCUT2D eigenvalue weighted by molar-refractivity contribution is 8.00. The predicted molar refractivity (Wildman–Crippen MR) is 103 cm³/mol. The van der Waals surface area contributed by atoms with Crippen LogP contribution in [0.3, 0.4) is 0 Å². The minimum atomic E-state index is -0.0984. The standard InChI is InChI=1S/C20H25NO3S/c1-4-23-18-12-11-16(13-19(18)24-5-2)15(3)21-20(22)14-25-17-9-7-6-8-10-17/h6-13,15H,4-5,14H2,1-3H3,(H,21,22). The fourth-order valence-electron chi connectivity index (χ4n) is 2.37. The van der Waals surface area contributed by atoms with Crippen molar-refractivity contribution in [3.05, 3.63) is 54.1 Å². The van der Waals surface area contributed by atoms with E-state index in [0.717, 1.165) is 16.2 Å². The van der Waals surface area contributed by atoms with E-state index in [1.165, 1.54) is 11.8 Å². The summed E-state index contributed by atoms with van der Waals surface area (Å²) >= 11 is 1.53. The molecular formula is C20H25NO3S. The Bertz CT molecular complexity index is 676. The number of amides is 1. The van der Waals surface area contributed by atoms with Crippen LogP contribution in [0, 0.1) is 0 Å². The molecule has 0 aliphatic heterocycles. The number of hydrogen-bond acceptors (Lipinski definition) is 4. The minimum Gasteiger partial charge on any atom is -0.490 e. The molecular weight excluding hydrogens is 334 g/mol. The van der Waals surface area contributed by atoms with Gasteiger partial charge in [-0.25, -0.2) is 0 Å². The fraction of sp³-hybridized carbons (Fsp3) is 0.350. The van der Waals surface area contributed by atoms with E-state index < -0.39 is 0 Å². The zero-order valence-corrected chi connectivity index (χ0v) is 15.8. The van der Waals surface area contributed by atoms with Gasteiger partial charge < -0.3 is 14.8 Å². The summed E-state index contributed by atoms with van der Waals surface area (Å²) in [6.45, 7) is 7.00. The Labute approximate surface area is 153 Å². The molecule has 0 aliphatic carbocycles. The Morgan fingerprint density at radius 1 is 1.04 bits per heavy atom. The zero-order chi connectivity index (χ0) is 18.1. The highest BCUT2D eigenvalue weighted by atomic mass is 32.2. The molecule has 0 aromatic heterocycles. The molecule has 5 heteroatoms. The number of hydrogen-bond donors (Lipinski definition) is 1. The van der Waals surface area contributed by atoms with Crippen molar-refractivity contribution in [2.45, 2.75) is 31.7 Å². The summed E-state index contributed by atoms with van der Waals surface area (Å²) in [5.41, 5.74) is 0.991. The summed E-state index contributed by atoms with van der Waals surface area (Å²) in [5.74, 6) is 1.84. The van der Waals surface area contributed by atoms with Gasteiger partial charge in [-0.2, -0.15) is 0 Å². The average Bonchev–Trinajstić information content (AvgIpc) is 2.62. The quantitative estimate of drug-likeness (QED) is 0.672. The van der Waals surface area contributed by atoms with Crippen LogP contribution in [0.15, 0.2) is 53.4 Å². The number of carbonyl (C=O) groups excluding carboxylic acids is 1. The van der Waals surface area contributed by atoms with Crippen molar-refractivity contribution >= 4 is 17.7 Å². The topological polar surface area (TPSA) is 47.6 Å². The summed E-state index contributed by atoms with van der Waals surface area (Å²) in [4.78, 5) is 13.3. The van der Waals surface area contributed by atoms with Crippen molar-refractivity contribution in [2.75, 3.05) is 19.0 Å². The molecule has 0 fully saturated rings. The van der Waals surface area contributed by atoms with Crippen molar-refractivity contribution in [1.29, 1.82) is 0 Å². The maximum Gasteiger partial charge on any atom is 0.230 e. The van der Waals surface area contributed by atoms with E-state index in [1.54, 1.807) is 0 Å². The smallest absolute Gasteiger partial charge is 0.230 e. The molecule has 134 valence electrons. The van der Waals surface area contributed by atoms with E-state index in [1.807, 2.05) is 69.3 Å². The van der Waals surface area contributed by atoms with Crippen LogP contribution in [0.1, 0.15) is 32.4 Å². The van der Waals surface area contributed by atoms with Gasteiger partial charge in [0.15, 0.2) is 11.5 Å². The number of carbonyl (C=O) groups is 1. The van der Waals surface area contributed by atoms with E-state index in [9.17, 15) is 4.79 Å². The molecule has 2 aromatic carbocycles. The molecule has 0 bridgehead atoms. The fourth-order valence-corrected chi connectivity index (χ4v) is 3.10. The van der Waals surface area contributed by atoms with E-state index >= 15 is 0 Å². The summed E-state index contributed by atoms with van der Waals surface area (Å²) in [7, 11) is 0. The molecule has 1 N–H and O–H groups in total.